The van der Waals surface area contributed by atoms with Crippen LogP contribution in [0, 0.1) is 6.92 Å². The fraction of sp³-hybridized carbons (Fsp3) is 0.500. The molecule has 0 aromatic carbocycles. The fourth-order valence-corrected chi connectivity index (χ4v) is 1.70. The molecule has 0 aliphatic carbocycles. The third kappa shape index (κ3) is 4.53. The highest BCUT2D eigenvalue weighted by atomic mass is 16.4. The van der Waals surface area contributed by atoms with Gasteiger partial charge in [0.15, 0.2) is 0 Å². The van der Waals surface area contributed by atoms with Gasteiger partial charge in [0.25, 0.3) is 0 Å². The minimum Gasteiger partial charge on any atom is -0.480 e. The third-order valence-corrected chi connectivity index (χ3v) is 2.93. The quantitative estimate of drug-likeness (QED) is 0.880. The van der Waals surface area contributed by atoms with Gasteiger partial charge in [-0.2, -0.15) is 0 Å². The van der Waals surface area contributed by atoms with Gasteiger partial charge in [-0.15, -0.1) is 0 Å². The van der Waals surface area contributed by atoms with Crippen molar-refractivity contribution in [2.75, 3.05) is 6.54 Å². The van der Waals surface area contributed by atoms with Crippen LogP contribution in [0.4, 0.5) is 4.79 Å². The number of nitrogens with zero attached hydrogens (tertiary/aromatic N) is 2. The molecule has 0 aliphatic rings. The van der Waals surface area contributed by atoms with Crippen LogP contribution in [-0.4, -0.2) is 39.1 Å². The maximum absolute atomic E-state index is 12.1. The lowest BCUT2D eigenvalue weighted by atomic mass is 10.1. The number of aryl methyl sites for hydroxylation is 1. The van der Waals surface area contributed by atoms with Gasteiger partial charge in [0.05, 0.1) is 0 Å². The molecule has 0 atom stereocenters. The second-order valence-electron chi connectivity index (χ2n) is 5.61. The molecule has 6 heteroatoms. The van der Waals surface area contributed by atoms with Crippen LogP contribution in [0.25, 0.3) is 0 Å². The van der Waals surface area contributed by atoms with Crippen LogP contribution in [0.15, 0.2) is 18.5 Å². The highest BCUT2D eigenvalue weighted by molar-refractivity contribution is 5.80. The van der Waals surface area contributed by atoms with Gasteiger partial charge < -0.3 is 15.3 Å². The molecule has 0 fully saturated rings. The van der Waals surface area contributed by atoms with Crippen LogP contribution < -0.4 is 5.32 Å². The molecule has 20 heavy (non-hydrogen) atoms. The second-order valence-corrected chi connectivity index (χ2v) is 5.61. The summed E-state index contributed by atoms with van der Waals surface area (Å²) in [5.74, 6) is -1.03. The van der Waals surface area contributed by atoms with Crippen molar-refractivity contribution < 1.29 is 14.7 Å². The van der Waals surface area contributed by atoms with Crippen LogP contribution in [0.2, 0.25) is 0 Å². The summed E-state index contributed by atoms with van der Waals surface area (Å²) in [4.78, 5) is 28.3. The predicted molar refractivity (Wildman–Crippen MR) is 75.3 cm³/mol. The van der Waals surface area contributed by atoms with Gasteiger partial charge in [-0.25, -0.2) is 4.79 Å². The maximum atomic E-state index is 12.1. The summed E-state index contributed by atoms with van der Waals surface area (Å²) >= 11 is 0. The highest BCUT2D eigenvalue weighted by Crippen LogP contribution is 2.13. The van der Waals surface area contributed by atoms with Crippen molar-refractivity contribution in [3.63, 3.8) is 0 Å². The minimum absolute atomic E-state index is 0.324. The monoisotopic (exact) mass is 279 g/mol. The molecular formula is C14H21N3O3. The number of rotatable bonds is 4. The second kappa shape index (κ2) is 6.36. The molecule has 0 bridgehead atoms. The normalized spacial score (nSPS) is 11.0. The highest BCUT2D eigenvalue weighted by Gasteiger charge is 2.28. The number of amides is 2. The molecule has 1 rings (SSSR count). The van der Waals surface area contributed by atoms with E-state index in [2.05, 4.69) is 10.3 Å². The van der Waals surface area contributed by atoms with E-state index < -0.39 is 17.5 Å². The van der Waals surface area contributed by atoms with Crippen LogP contribution in [-0.2, 0) is 11.3 Å². The largest absolute Gasteiger partial charge is 0.480 e. The Morgan fingerprint density at radius 3 is 2.55 bits per heavy atom. The molecule has 110 valence electrons. The topological polar surface area (TPSA) is 82.5 Å². The number of hydrogen-bond acceptors (Lipinski definition) is 3. The lowest BCUT2D eigenvalue weighted by Crippen LogP contribution is -2.52. The first-order valence-electron chi connectivity index (χ1n) is 6.38. The van der Waals surface area contributed by atoms with E-state index in [0.29, 0.717) is 6.54 Å². The average molecular weight is 279 g/mol. The Kier molecular flexibility index (Phi) is 5.07. The number of urea groups is 1. The molecule has 1 aromatic heterocycles. The van der Waals surface area contributed by atoms with Gasteiger partial charge in [0, 0.05) is 24.5 Å². The SMILES string of the molecule is Cc1ccncc1CNC(=O)N(CC(=O)O)C(C)(C)C. The van der Waals surface area contributed by atoms with Crippen LogP contribution in [0.5, 0.6) is 0 Å². The van der Waals surface area contributed by atoms with E-state index in [0.717, 1.165) is 11.1 Å². The Bertz CT molecular complexity index is 495. The van der Waals surface area contributed by atoms with Gasteiger partial charge in [0.2, 0.25) is 0 Å². The summed E-state index contributed by atoms with van der Waals surface area (Å²) in [6, 6.07) is 1.46. The number of aromatic nitrogens is 1. The summed E-state index contributed by atoms with van der Waals surface area (Å²) in [7, 11) is 0. The van der Waals surface area contributed by atoms with E-state index in [4.69, 9.17) is 5.11 Å². The van der Waals surface area contributed by atoms with E-state index in [-0.39, 0.29) is 6.54 Å². The van der Waals surface area contributed by atoms with Crippen molar-refractivity contribution in [3.05, 3.63) is 29.6 Å². The number of aliphatic carboxylic acids is 1. The number of pyridine rings is 1. The molecular weight excluding hydrogens is 258 g/mol. The van der Waals surface area contributed by atoms with Crippen LogP contribution in [0.3, 0.4) is 0 Å². The molecule has 6 nitrogen and oxygen atoms in total. The summed E-state index contributed by atoms with van der Waals surface area (Å²) < 4.78 is 0. The first-order chi connectivity index (χ1) is 9.21. The van der Waals surface area contributed by atoms with Gasteiger partial charge in [-0.3, -0.25) is 9.78 Å². The minimum atomic E-state index is -1.03. The predicted octanol–water partition coefficient (Wildman–Crippen LogP) is 1.78. The number of hydrogen-bond donors (Lipinski definition) is 2. The zero-order valence-electron chi connectivity index (χ0n) is 12.3. The van der Waals surface area contributed by atoms with E-state index >= 15 is 0 Å². The summed E-state index contributed by atoms with van der Waals surface area (Å²) in [6.45, 7) is 7.31. The fourth-order valence-electron chi connectivity index (χ4n) is 1.70. The maximum Gasteiger partial charge on any atom is 0.323 e. The van der Waals surface area contributed by atoms with Crippen molar-refractivity contribution in [3.8, 4) is 0 Å². The molecule has 2 amide bonds. The first kappa shape index (κ1) is 15.9. The number of carboxylic acid groups (broad SMARTS) is 1. The molecule has 0 saturated carbocycles. The van der Waals surface area contributed by atoms with Crippen LogP contribution in [0.1, 0.15) is 31.9 Å². The zero-order valence-corrected chi connectivity index (χ0v) is 12.3. The number of nitrogens with one attached hydrogen (secondary N) is 1. The number of carboxylic acids is 1. The number of carbonyl (C=O) groups is 2. The molecule has 1 heterocycles. The average Bonchev–Trinajstić information content (AvgIpc) is 2.33. The van der Waals surface area contributed by atoms with Crippen molar-refractivity contribution in [1.82, 2.24) is 15.2 Å². The Labute approximate surface area is 118 Å². The molecule has 0 saturated heterocycles. The lowest BCUT2D eigenvalue weighted by Gasteiger charge is -2.34. The van der Waals surface area contributed by atoms with E-state index in [1.54, 1.807) is 33.2 Å². The standard InChI is InChI=1S/C14H21N3O3/c1-10-5-6-15-7-11(10)8-16-13(20)17(9-12(18)19)14(2,3)4/h5-7H,8-9H2,1-4H3,(H,16,20)(H,18,19). The molecule has 0 aliphatic heterocycles. The Hall–Kier alpha value is -2.11. The van der Waals surface area contributed by atoms with E-state index in [9.17, 15) is 9.59 Å². The lowest BCUT2D eigenvalue weighted by molar-refractivity contribution is -0.138. The molecule has 0 radical (unpaired) electrons. The van der Waals surface area contributed by atoms with Gasteiger partial charge in [-0.05, 0) is 44.9 Å². The van der Waals surface area contributed by atoms with Gasteiger partial charge in [0.1, 0.15) is 6.54 Å². The Morgan fingerprint density at radius 2 is 2.05 bits per heavy atom. The van der Waals surface area contributed by atoms with Crippen molar-refractivity contribution in [2.45, 2.75) is 39.8 Å². The van der Waals surface area contributed by atoms with Crippen LogP contribution >= 0.6 is 0 Å². The summed E-state index contributed by atoms with van der Waals surface area (Å²) in [5, 5.41) is 11.6. The zero-order chi connectivity index (χ0) is 15.3. The smallest absolute Gasteiger partial charge is 0.323 e. The number of carbonyl (C=O) groups excluding carboxylic acids is 1. The summed E-state index contributed by atoms with van der Waals surface area (Å²) in [5.41, 5.74) is 1.37. The first-order valence-corrected chi connectivity index (χ1v) is 6.38. The van der Waals surface area contributed by atoms with Crippen molar-refractivity contribution >= 4 is 12.0 Å². The Balaban J connectivity index is 2.72. The molecule has 1 aromatic rings. The van der Waals surface area contributed by atoms with E-state index in [1.807, 2.05) is 13.0 Å². The third-order valence-electron chi connectivity index (χ3n) is 2.93. The molecule has 0 unspecified atom stereocenters. The molecule has 0 spiro atoms. The summed E-state index contributed by atoms with van der Waals surface area (Å²) in [6.07, 6.45) is 3.38. The van der Waals surface area contributed by atoms with Crippen molar-refractivity contribution in [2.24, 2.45) is 0 Å². The van der Waals surface area contributed by atoms with Gasteiger partial charge >= 0.3 is 12.0 Å². The molecule has 2 N–H and O–H groups in total. The van der Waals surface area contributed by atoms with E-state index in [1.165, 1.54) is 4.90 Å². The Morgan fingerprint density at radius 1 is 1.40 bits per heavy atom. The van der Waals surface area contributed by atoms with Crippen molar-refractivity contribution in [1.29, 1.82) is 0 Å². The van der Waals surface area contributed by atoms with Gasteiger partial charge in [-0.1, -0.05) is 0 Å².